The highest BCUT2D eigenvalue weighted by molar-refractivity contribution is 7.11. The molecule has 2 N–H and O–H groups in total. The number of thiophene rings is 1. The second-order valence-corrected chi connectivity index (χ2v) is 5.64. The van der Waals surface area contributed by atoms with Gasteiger partial charge in [0, 0.05) is 22.3 Å². The van der Waals surface area contributed by atoms with Crippen molar-refractivity contribution in [1.29, 1.82) is 0 Å². The topological polar surface area (TPSA) is 24.1 Å². The molecule has 1 saturated heterocycles. The van der Waals surface area contributed by atoms with Crippen LogP contribution in [0.15, 0.2) is 12.1 Å². The maximum absolute atomic E-state index is 3.52. The molecule has 84 valence electrons. The van der Waals surface area contributed by atoms with E-state index in [9.17, 15) is 0 Å². The third-order valence-electron chi connectivity index (χ3n) is 2.93. The monoisotopic (exact) mass is 224 g/mol. The van der Waals surface area contributed by atoms with E-state index in [1.807, 2.05) is 11.3 Å². The Kier molecular flexibility index (Phi) is 4.18. The van der Waals surface area contributed by atoms with Crippen molar-refractivity contribution in [3.05, 3.63) is 21.9 Å². The minimum atomic E-state index is 0.766. The Hall–Kier alpha value is -0.380. The van der Waals surface area contributed by atoms with Gasteiger partial charge in [0.15, 0.2) is 0 Å². The summed E-state index contributed by atoms with van der Waals surface area (Å²) in [5, 5.41) is 7.03. The summed E-state index contributed by atoms with van der Waals surface area (Å²) < 4.78 is 0. The van der Waals surface area contributed by atoms with Gasteiger partial charge >= 0.3 is 0 Å². The van der Waals surface area contributed by atoms with Crippen LogP contribution in [-0.2, 0) is 6.54 Å². The van der Waals surface area contributed by atoms with Crippen LogP contribution in [0.3, 0.4) is 0 Å². The van der Waals surface area contributed by atoms with Crippen LogP contribution >= 0.6 is 11.3 Å². The third-order valence-corrected chi connectivity index (χ3v) is 3.93. The summed E-state index contributed by atoms with van der Waals surface area (Å²) in [6.45, 7) is 5.55. The van der Waals surface area contributed by atoms with Crippen LogP contribution in [0.25, 0.3) is 0 Å². The number of hydrogen-bond donors (Lipinski definition) is 2. The van der Waals surface area contributed by atoms with E-state index in [1.165, 1.54) is 35.6 Å². The standard InChI is InChI=1S/C12H20N2S/c1-10-4-5-12(15-10)9-13-8-6-11-3-2-7-14-11/h4-5,11,13-14H,2-3,6-9H2,1H3. The van der Waals surface area contributed by atoms with Gasteiger partial charge in [-0.3, -0.25) is 0 Å². The molecule has 1 fully saturated rings. The summed E-state index contributed by atoms with van der Waals surface area (Å²) >= 11 is 1.89. The first-order chi connectivity index (χ1) is 7.34. The zero-order valence-electron chi connectivity index (χ0n) is 9.38. The summed E-state index contributed by atoms with van der Waals surface area (Å²) in [5.74, 6) is 0. The van der Waals surface area contributed by atoms with E-state index < -0.39 is 0 Å². The van der Waals surface area contributed by atoms with Gasteiger partial charge in [0.05, 0.1) is 0 Å². The van der Waals surface area contributed by atoms with Gasteiger partial charge in [0.1, 0.15) is 0 Å². The van der Waals surface area contributed by atoms with Gasteiger partial charge in [-0.1, -0.05) is 0 Å². The molecule has 0 radical (unpaired) electrons. The molecule has 2 rings (SSSR count). The Labute approximate surface area is 96.1 Å². The quantitative estimate of drug-likeness (QED) is 0.750. The van der Waals surface area contributed by atoms with Crippen LogP contribution in [0.2, 0.25) is 0 Å². The van der Waals surface area contributed by atoms with E-state index in [0.29, 0.717) is 0 Å². The molecule has 0 spiro atoms. The minimum absolute atomic E-state index is 0.766. The first-order valence-electron chi connectivity index (χ1n) is 5.84. The molecule has 0 amide bonds. The number of hydrogen-bond acceptors (Lipinski definition) is 3. The van der Waals surface area contributed by atoms with Crippen molar-refractivity contribution in [3.8, 4) is 0 Å². The molecule has 0 aromatic carbocycles. The summed E-state index contributed by atoms with van der Waals surface area (Å²) in [4.78, 5) is 2.86. The van der Waals surface area contributed by atoms with Gasteiger partial charge in [-0.25, -0.2) is 0 Å². The molecule has 2 heterocycles. The van der Waals surface area contributed by atoms with Gasteiger partial charge in [-0.2, -0.15) is 0 Å². The maximum Gasteiger partial charge on any atom is 0.0299 e. The van der Waals surface area contributed by atoms with Crippen molar-refractivity contribution in [2.75, 3.05) is 13.1 Å². The molecule has 1 unspecified atom stereocenters. The lowest BCUT2D eigenvalue weighted by atomic mass is 10.1. The normalized spacial score (nSPS) is 21.0. The fourth-order valence-electron chi connectivity index (χ4n) is 2.07. The van der Waals surface area contributed by atoms with E-state index in [0.717, 1.165) is 19.1 Å². The van der Waals surface area contributed by atoms with Gasteiger partial charge in [0.25, 0.3) is 0 Å². The van der Waals surface area contributed by atoms with Crippen LogP contribution < -0.4 is 10.6 Å². The molecule has 2 nitrogen and oxygen atoms in total. The largest absolute Gasteiger partial charge is 0.314 e. The number of nitrogens with one attached hydrogen (secondary N) is 2. The molecule has 0 bridgehead atoms. The molecule has 0 saturated carbocycles. The van der Waals surface area contributed by atoms with E-state index in [-0.39, 0.29) is 0 Å². The summed E-state index contributed by atoms with van der Waals surface area (Å²) in [5.41, 5.74) is 0. The molecule has 15 heavy (non-hydrogen) atoms. The molecule has 0 aliphatic carbocycles. The highest BCUT2D eigenvalue weighted by Gasteiger charge is 2.12. The van der Waals surface area contributed by atoms with Crippen LogP contribution in [0.5, 0.6) is 0 Å². The van der Waals surface area contributed by atoms with Crippen LogP contribution in [0.1, 0.15) is 29.0 Å². The lowest BCUT2D eigenvalue weighted by Crippen LogP contribution is -2.26. The van der Waals surface area contributed by atoms with Crippen molar-refractivity contribution in [3.63, 3.8) is 0 Å². The Bertz CT molecular complexity index is 290. The van der Waals surface area contributed by atoms with Crippen LogP contribution in [-0.4, -0.2) is 19.1 Å². The Morgan fingerprint density at radius 2 is 2.47 bits per heavy atom. The van der Waals surface area contributed by atoms with E-state index in [1.54, 1.807) is 0 Å². The van der Waals surface area contributed by atoms with Crippen molar-refractivity contribution < 1.29 is 0 Å². The first kappa shape index (κ1) is 11.1. The highest BCUT2D eigenvalue weighted by Crippen LogP contribution is 2.14. The third kappa shape index (κ3) is 3.59. The molecule has 3 heteroatoms. The predicted octanol–water partition coefficient (Wildman–Crippen LogP) is 2.29. The van der Waals surface area contributed by atoms with Crippen LogP contribution in [0, 0.1) is 6.92 Å². The summed E-state index contributed by atoms with van der Waals surface area (Å²) in [6, 6.07) is 5.18. The van der Waals surface area contributed by atoms with Gasteiger partial charge in [0.2, 0.25) is 0 Å². The first-order valence-corrected chi connectivity index (χ1v) is 6.65. The SMILES string of the molecule is Cc1ccc(CNCCC2CCCN2)s1. The predicted molar refractivity (Wildman–Crippen MR) is 66.4 cm³/mol. The van der Waals surface area contributed by atoms with E-state index in [2.05, 4.69) is 29.7 Å². The average molecular weight is 224 g/mol. The maximum atomic E-state index is 3.52. The number of aryl methyl sites for hydroxylation is 1. The minimum Gasteiger partial charge on any atom is -0.314 e. The smallest absolute Gasteiger partial charge is 0.0299 e. The van der Waals surface area contributed by atoms with Gasteiger partial charge in [-0.05, 0) is 51.4 Å². The van der Waals surface area contributed by atoms with E-state index >= 15 is 0 Å². The van der Waals surface area contributed by atoms with Crippen molar-refractivity contribution in [2.45, 2.75) is 38.8 Å². The Morgan fingerprint density at radius 3 is 3.13 bits per heavy atom. The molecule has 1 aromatic rings. The zero-order valence-corrected chi connectivity index (χ0v) is 10.2. The fraction of sp³-hybridized carbons (Fsp3) is 0.667. The molecule has 1 aromatic heterocycles. The van der Waals surface area contributed by atoms with Gasteiger partial charge in [-0.15, -0.1) is 11.3 Å². The lowest BCUT2D eigenvalue weighted by molar-refractivity contribution is 0.525. The van der Waals surface area contributed by atoms with Gasteiger partial charge < -0.3 is 10.6 Å². The van der Waals surface area contributed by atoms with Crippen molar-refractivity contribution in [2.24, 2.45) is 0 Å². The van der Waals surface area contributed by atoms with E-state index in [4.69, 9.17) is 0 Å². The molecule has 1 atom stereocenters. The summed E-state index contributed by atoms with van der Waals surface area (Å²) in [6.07, 6.45) is 3.99. The Morgan fingerprint density at radius 1 is 1.53 bits per heavy atom. The molecule has 1 aliphatic rings. The molecular formula is C12H20N2S. The molecular weight excluding hydrogens is 204 g/mol. The second kappa shape index (κ2) is 5.64. The lowest BCUT2D eigenvalue weighted by Gasteiger charge is -2.09. The fourth-order valence-corrected chi connectivity index (χ4v) is 2.93. The zero-order chi connectivity index (χ0) is 10.5. The average Bonchev–Trinajstić information content (AvgIpc) is 2.84. The molecule has 1 aliphatic heterocycles. The Balaban J connectivity index is 1.58. The van der Waals surface area contributed by atoms with Crippen LogP contribution in [0.4, 0.5) is 0 Å². The van der Waals surface area contributed by atoms with Crippen molar-refractivity contribution >= 4 is 11.3 Å². The number of rotatable bonds is 5. The summed E-state index contributed by atoms with van der Waals surface area (Å²) in [7, 11) is 0. The highest BCUT2D eigenvalue weighted by atomic mass is 32.1. The second-order valence-electron chi connectivity index (χ2n) is 4.27. The van der Waals surface area contributed by atoms with Crippen molar-refractivity contribution in [1.82, 2.24) is 10.6 Å².